The van der Waals surface area contributed by atoms with Crippen LogP contribution in [0.5, 0.6) is 5.75 Å². The Morgan fingerprint density at radius 1 is 1.20 bits per heavy atom. The first-order valence-electron chi connectivity index (χ1n) is 8.19. The molecule has 0 unspecified atom stereocenters. The molecule has 1 aromatic heterocycles. The summed E-state index contributed by atoms with van der Waals surface area (Å²) in [6.45, 7) is 3.71. The summed E-state index contributed by atoms with van der Waals surface area (Å²) < 4.78 is 5.87. The maximum absolute atomic E-state index is 12.1. The van der Waals surface area contributed by atoms with Crippen molar-refractivity contribution >= 4 is 11.6 Å². The van der Waals surface area contributed by atoms with Crippen LogP contribution in [0.3, 0.4) is 0 Å². The van der Waals surface area contributed by atoms with E-state index in [0.717, 1.165) is 22.4 Å². The predicted octanol–water partition coefficient (Wildman–Crippen LogP) is 4.14. The van der Waals surface area contributed by atoms with E-state index in [1.54, 1.807) is 6.07 Å². The summed E-state index contributed by atoms with van der Waals surface area (Å²) in [7, 11) is 0. The predicted molar refractivity (Wildman–Crippen MR) is 94.6 cm³/mol. The molecule has 0 fully saturated rings. The van der Waals surface area contributed by atoms with Crippen molar-refractivity contribution in [2.24, 2.45) is 0 Å². The Morgan fingerprint density at radius 2 is 1.96 bits per heavy atom. The zero-order valence-corrected chi connectivity index (χ0v) is 14.0. The van der Waals surface area contributed by atoms with Gasteiger partial charge in [0.15, 0.2) is 0 Å². The number of anilines is 1. The number of aromatic nitrogens is 1. The summed E-state index contributed by atoms with van der Waals surface area (Å²) in [6, 6.07) is 13.2. The molecule has 3 aromatic rings. The topological polar surface area (TPSA) is 75.4 Å². The first-order chi connectivity index (χ1) is 12.0. The molecule has 0 saturated carbocycles. The molecule has 0 saturated heterocycles. The lowest BCUT2D eigenvalue weighted by Crippen LogP contribution is -2.24. The van der Waals surface area contributed by atoms with Gasteiger partial charge in [0, 0.05) is 29.7 Å². The van der Waals surface area contributed by atoms with Crippen LogP contribution >= 0.6 is 0 Å². The number of phenolic OH excluding ortho intramolecular Hbond substituents is 1. The van der Waals surface area contributed by atoms with E-state index in [1.165, 1.54) is 0 Å². The van der Waals surface area contributed by atoms with Crippen LogP contribution in [0.4, 0.5) is 5.69 Å². The number of rotatable bonds is 2. The van der Waals surface area contributed by atoms with E-state index in [0.29, 0.717) is 23.8 Å². The van der Waals surface area contributed by atoms with Gasteiger partial charge in [-0.25, -0.2) is 4.98 Å². The van der Waals surface area contributed by atoms with Crippen molar-refractivity contribution in [3.8, 4) is 17.2 Å². The van der Waals surface area contributed by atoms with Crippen molar-refractivity contribution < 1.29 is 14.3 Å². The Hall–Kier alpha value is -3.08. The minimum Gasteiger partial charge on any atom is -0.508 e. The zero-order valence-electron chi connectivity index (χ0n) is 14.0. The second kappa shape index (κ2) is 5.77. The summed E-state index contributed by atoms with van der Waals surface area (Å²) in [5, 5.41) is 12.8. The number of fused-ring (bicyclic) bond motifs is 1. The standard InChI is InChI=1S/C20H18N2O3/c1-11-8-14-15(9-18(24)21-16(14)10-17(11)23)19-12(2)25-20(22-19)13-6-4-3-5-7-13/h3-8,10,15,23H,9H2,1-2H3,(H,21,24)/t15-/m0/s1. The van der Waals surface area contributed by atoms with Crippen LogP contribution in [0.25, 0.3) is 11.5 Å². The van der Waals surface area contributed by atoms with E-state index < -0.39 is 0 Å². The molecule has 1 atom stereocenters. The van der Waals surface area contributed by atoms with E-state index in [1.807, 2.05) is 50.2 Å². The molecular weight excluding hydrogens is 316 g/mol. The third kappa shape index (κ3) is 2.67. The van der Waals surface area contributed by atoms with Crippen LogP contribution in [-0.4, -0.2) is 16.0 Å². The molecule has 5 heteroatoms. The number of nitrogens with zero attached hydrogens (tertiary/aromatic N) is 1. The molecule has 0 aliphatic carbocycles. The van der Waals surface area contributed by atoms with Gasteiger partial charge in [-0.2, -0.15) is 0 Å². The van der Waals surface area contributed by atoms with Gasteiger partial charge >= 0.3 is 0 Å². The van der Waals surface area contributed by atoms with Gasteiger partial charge in [0.25, 0.3) is 0 Å². The van der Waals surface area contributed by atoms with E-state index in [-0.39, 0.29) is 17.6 Å². The highest BCUT2D eigenvalue weighted by molar-refractivity contribution is 5.95. The number of hydrogen-bond donors (Lipinski definition) is 2. The first-order valence-corrected chi connectivity index (χ1v) is 8.19. The first kappa shape index (κ1) is 15.4. The molecule has 1 aliphatic heterocycles. The number of carbonyl (C=O) groups is 1. The Kier molecular flexibility index (Phi) is 3.57. The normalized spacial score (nSPS) is 16.4. The smallest absolute Gasteiger partial charge is 0.226 e. The van der Waals surface area contributed by atoms with Crippen molar-refractivity contribution in [2.75, 3.05) is 5.32 Å². The van der Waals surface area contributed by atoms with Crippen LogP contribution in [0.15, 0.2) is 46.9 Å². The second-order valence-corrected chi connectivity index (χ2v) is 6.36. The van der Waals surface area contributed by atoms with Crippen LogP contribution in [0.2, 0.25) is 0 Å². The second-order valence-electron chi connectivity index (χ2n) is 6.36. The summed E-state index contributed by atoms with van der Waals surface area (Å²) in [5.41, 5.74) is 4.02. The molecule has 25 heavy (non-hydrogen) atoms. The maximum Gasteiger partial charge on any atom is 0.226 e. The van der Waals surface area contributed by atoms with Gasteiger partial charge in [-0.1, -0.05) is 18.2 Å². The monoisotopic (exact) mass is 334 g/mol. The van der Waals surface area contributed by atoms with Gasteiger partial charge < -0.3 is 14.8 Å². The SMILES string of the molecule is Cc1cc2c(cc1O)NC(=O)C[C@@H]2c1nc(-c2ccccc2)oc1C. The van der Waals surface area contributed by atoms with Crippen molar-refractivity contribution in [3.63, 3.8) is 0 Å². The molecule has 1 aliphatic rings. The summed E-state index contributed by atoms with van der Waals surface area (Å²) in [6.07, 6.45) is 0.304. The van der Waals surface area contributed by atoms with E-state index in [2.05, 4.69) is 10.3 Å². The number of carbonyl (C=O) groups excluding carboxylic acids is 1. The Balaban J connectivity index is 1.82. The molecule has 1 amide bonds. The minimum atomic E-state index is -0.190. The van der Waals surface area contributed by atoms with Crippen LogP contribution in [-0.2, 0) is 4.79 Å². The third-order valence-corrected chi connectivity index (χ3v) is 4.59. The number of hydrogen-bond acceptors (Lipinski definition) is 4. The highest BCUT2D eigenvalue weighted by Crippen LogP contribution is 2.41. The van der Waals surface area contributed by atoms with Crippen LogP contribution < -0.4 is 5.32 Å². The average Bonchev–Trinajstić information content (AvgIpc) is 2.98. The molecule has 126 valence electrons. The molecule has 0 bridgehead atoms. The molecule has 2 N–H and O–H groups in total. The summed E-state index contributed by atoms with van der Waals surface area (Å²) in [4.78, 5) is 16.8. The van der Waals surface area contributed by atoms with Crippen molar-refractivity contribution in [2.45, 2.75) is 26.2 Å². The molecule has 2 heterocycles. The average molecular weight is 334 g/mol. The fourth-order valence-electron chi connectivity index (χ4n) is 3.29. The lowest BCUT2D eigenvalue weighted by molar-refractivity contribution is -0.116. The highest BCUT2D eigenvalue weighted by atomic mass is 16.4. The van der Waals surface area contributed by atoms with Gasteiger partial charge in [-0.05, 0) is 43.2 Å². The minimum absolute atomic E-state index is 0.0931. The third-order valence-electron chi connectivity index (χ3n) is 4.59. The Labute approximate surface area is 145 Å². The van der Waals surface area contributed by atoms with Gasteiger partial charge in [0.2, 0.25) is 11.8 Å². The molecule has 0 spiro atoms. The lowest BCUT2D eigenvalue weighted by Gasteiger charge is -2.25. The molecule has 2 aromatic carbocycles. The number of oxazole rings is 1. The Morgan fingerprint density at radius 3 is 2.72 bits per heavy atom. The fourth-order valence-corrected chi connectivity index (χ4v) is 3.29. The van der Waals surface area contributed by atoms with Crippen molar-refractivity contribution in [1.82, 2.24) is 4.98 Å². The van der Waals surface area contributed by atoms with Crippen LogP contribution in [0, 0.1) is 13.8 Å². The number of aryl methyl sites for hydroxylation is 2. The van der Waals surface area contributed by atoms with Crippen LogP contribution in [0.1, 0.15) is 34.9 Å². The Bertz CT molecular complexity index is 961. The quantitative estimate of drug-likeness (QED) is 0.738. The van der Waals surface area contributed by atoms with Crippen molar-refractivity contribution in [3.05, 3.63) is 65.0 Å². The van der Waals surface area contributed by atoms with E-state index >= 15 is 0 Å². The number of benzene rings is 2. The molecule has 4 rings (SSSR count). The summed E-state index contributed by atoms with van der Waals surface area (Å²) >= 11 is 0. The van der Waals surface area contributed by atoms with Gasteiger partial charge in [-0.15, -0.1) is 0 Å². The van der Waals surface area contributed by atoms with E-state index in [4.69, 9.17) is 4.42 Å². The van der Waals surface area contributed by atoms with Gasteiger partial charge in [0.05, 0.1) is 5.69 Å². The lowest BCUT2D eigenvalue weighted by atomic mass is 9.86. The fraction of sp³-hybridized carbons (Fsp3) is 0.200. The molecule has 0 radical (unpaired) electrons. The largest absolute Gasteiger partial charge is 0.508 e. The number of phenols is 1. The summed E-state index contributed by atoms with van der Waals surface area (Å²) in [5.74, 6) is 1.14. The number of aromatic hydroxyl groups is 1. The number of nitrogens with one attached hydrogen (secondary N) is 1. The maximum atomic E-state index is 12.1. The van der Waals surface area contributed by atoms with Gasteiger partial charge in [-0.3, -0.25) is 4.79 Å². The number of amides is 1. The highest BCUT2D eigenvalue weighted by Gasteiger charge is 2.31. The van der Waals surface area contributed by atoms with Gasteiger partial charge in [0.1, 0.15) is 11.5 Å². The van der Waals surface area contributed by atoms with Crippen molar-refractivity contribution in [1.29, 1.82) is 0 Å². The zero-order chi connectivity index (χ0) is 17.6. The molecule has 5 nitrogen and oxygen atoms in total. The molecular formula is C20H18N2O3. The van der Waals surface area contributed by atoms with E-state index in [9.17, 15) is 9.90 Å².